The van der Waals surface area contributed by atoms with E-state index in [2.05, 4.69) is 16.0 Å². The molecule has 7 atom stereocenters. The second kappa shape index (κ2) is 8.99. The van der Waals surface area contributed by atoms with Crippen molar-refractivity contribution in [2.75, 3.05) is 6.54 Å². The van der Waals surface area contributed by atoms with Crippen molar-refractivity contribution in [2.24, 2.45) is 29.1 Å². The molecule has 9 nitrogen and oxygen atoms in total. The van der Waals surface area contributed by atoms with E-state index < -0.39 is 35.1 Å². The molecule has 4 amide bonds. The predicted molar refractivity (Wildman–Crippen MR) is 136 cm³/mol. The zero-order chi connectivity index (χ0) is 26.7. The minimum absolute atomic E-state index is 0.0367. The third-order valence-electron chi connectivity index (χ3n) is 8.25. The van der Waals surface area contributed by atoms with Gasteiger partial charge in [-0.2, -0.15) is 0 Å². The van der Waals surface area contributed by atoms with Crippen LogP contribution in [0.15, 0.2) is 11.6 Å². The van der Waals surface area contributed by atoms with E-state index in [0.717, 1.165) is 18.4 Å². The van der Waals surface area contributed by atoms with Gasteiger partial charge in [-0.3, -0.25) is 14.4 Å². The number of hydrogen-bond donors (Lipinski definition) is 4. The molecule has 4 N–H and O–H groups in total. The van der Waals surface area contributed by atoms with E-state index in [4.69, 9.17) is 5.41 Å². The molecule has 0 aromatic heterocycles. The van der Waals surface area contributed by atoms with Gasteiger partial charge in [-0.25, -0.2) is 4.79 Å². The van der Waals surface area contributed by atoms with Gasteiger partial charge in [0.1, 0.15) is 12.1 Å². The van der Waals surface area contributed by atoms with Gasteiger partial charge in [0.25, 0.3) is 0 Å². The third-order valence-corrected chi connectivity index (χ3v) is 8.25. The number of ketones is 1. The number of amides is 4. The maximum Gasteiger partial charge on any atom is 0.315 e. The van der Waals surface area contributed by atoms with Gasteiger partial charge in [0, 0.05) is 29.8 Å². The molecule has 0 spiro atoms. The lowest BCUT2D eigenvalue weighted by molar-refractivity contribution is -0.143. The molecule has 1 saturated heterocycles. The summed E-state index contributed by atoms with van der Waals surface area (Å²) in [5.41, 5.74) is 0.212. The summed E-state index contributed by atoms with van der Waals surface area (Å²) < 4.78 is 0. The van der Waals surface area contributed by atoms with Gasteiger partial charge in [0.05, 0.1) is 11.8 Å². The molecule has 198 valence electrons. The SMILES string of the molecule is CC1=CC2C1CN(C(=O)C(NC(=O)NC(C)(C)C)C(C)(C)C)C2C(=O)NC1CC2CCC2C(=N)C1=O. The summed E-state index contributed by atoms with van der Waals surface area (Å²) in [6.07, 6.45) is 4.43. The highest BCUT2D eigenvalue weighted by Crippen LogP contribution is 2.45. The van der Waals surface area contributed by atoms with Gasteiger partial charge in [-0.15, -0.1) is 0 Å². The van der Waals surface area contributed by atoms with E-state index in [9.17, 15) is 19.2 Å². The standard InChI is InChI=1S/C27H41N5O4/c1-13-10-16-17(13)12-32(24(35)22(26(2,3)4)30-25(36)31-27(5,6)7)20(16)23(34)29-18-11-14-8-9-15(14)19(28)21(18)33/h10,14-18,20,22,28H,8-9,11-12H2,1-7H3,(H,29,34)(H2,30,31,36). The molecular formula is C27H41N5O4. The van der Waals surface area contributed by atoms with Gasteiger partial charge in [-0.05, 0) is 58.3 Å². The summed E-state index contributed by atoms with van der Waals surface area (Å²) in [5.74, 6) is -0.673. The summed E-state index contributed by atoms with van der Waals surface area (Å²) in [7, 11) is 0. The number of hydrogen-bond acceptors (Lipinski definition) is 5. The lowest BCUT2D eigenvalue weighted by Crippen LogP contribution is -2.62. The molecule has 0 aromatic rings. The topological polar surface area (TPSA) is 131 Å². The Labute approximate surface area is 213 Å². The molecule has 0 bridgehead atoms. The van der Waals surface area contributed by atoms with Crippen LogP contribution in [-0.4, -0.2) is 64.4 Å². The molecule has 1 aliphatic heterocycles. The average molecular weight is 500 g/mol. The third kappa shape index (κ3) is 4.81. The largest absolute Gasteiger partial charge is 0.344 e. The van der Waals surface area contributed by atoms with Crippen molar-refractivity contribution in [2.45, 2.75) is 91.4 Å². The van der Waals surface area contributed by atoms with E-state index in [1.54, 1.807) is 4.90 Å². The molecule has 1 heterocycles. The number of likely N-dealkylation sites (tertiary alicyclic amines) is 1. The number of rotatable bonds is 4. The number of nitrogens with zero attached hydrogens (tertiary/aromatic N) is 1. The summed E-state index contributed by atoms with van der Waals surface area (Å²) in [5, 5.41) is 16.8. The van der Waals surface area contributed by atoms with Crippen molar-refractivity contribution in [3.63, 3.8) is 0 Å². The zero-order valence-electron chi connectivity index (χ0n) is 22.5. The van der Waals surface area contributed by atoms with Gasteiger partial charge >= 0.3 is 6.03 Å². The lowest BCUT2D eigenvalue weighted by atomic mass is 9.63. The van der Waals surface area contributed by atoms with Crippen LogP contribution >= 0.6 is 0 Å². The minimum Gasteiger partial charge on any atom is -0.344 e. The number of urea groups is 1. The normalized spacial score (nSPS) is 32.3. The molecule has 9 heteroatoms. The number of Topliss-reactive ketones (excluding diaryl/α,β-unsaturated/α-hetero) is 1. The monoisotopic (exact) mass is 499 g/mol. The Hall–Kier alpha value is -2.71. The first-order valence-corrected chi connectivity index (χ1v) is 13.1. The molecule has 36 heavy (non-hydrogen) atoms. The first-order valence-electron chi connectivity index (χ1n) is 13.1. The van der Waals surface area contributed by atoms with Crippen LogP contribution in [0.5, 0.6) is 0 Å². The molecule has 3 aliphatic carbocycles. The molecule has 2 saturated carbocycles. The van der Waals surface area contributed by atoms with Crippen LogP contribution in [0.4, 0.5) is 4.79 Å². The van der Waals surface area contributed by atoms with Crippen LogP contribution < -0.4 is 16.0 Å². The van der Waals surface area contributed by atoms with Gasteiger partial charge < -0.3 is 26.3 Å². The van der Waals surface area contributed by atoms with Crippen LogP contribution in [0.1, 0.15) is 67.7 Å². The maximum atomic E-state index is 13.9. The summed E-state index contributed by atoms with van der Waals surface area (Å²) in [6, 6.07) is -2.73. The highest BCUT2D eigenvalue weighted by atomic mass is 16.2. The fourth-order valence-electron chi connectivity index (χ4n) is 6.10. The first-order chi connectivity index (χ1) is 16.6. The molecule has 4 aliphatic rings. The van der Waals surface area contributed by atoms with Crippen LogP contribution in [-0.2, 0) is 14.4 Å². The molecule has 7 unspecified atom stereocenters. The summed E-state index contributed by atoms with van der Waals surface area (Å²) >= 11 is 0. The second-order valence-corrected chi connectivity index (χ2v) is 13.2. The maximum absolute atomic E-state index is 13.9. The highest BCUT2D eigenvalue weighted by molar-refractivity contribution is 6.42. The molecule has 0 radical (unpaired) electrons. The quantitative estimate of drug-likeness (QED) is 0.442. The second-order valence-electron chi connectivity index (χ2n) is 13.2. The predicted octanol–water partition coefficient (Wildman–Crippen LogP) is 2.41. The Morgan fingerprint density at radius 2 is 1.75 bits per heavy atom. The average Bonchev–Trinajstić information content (AvgIpc) is 3.03. The number of nitrogens with one attached hydrogen (secondary N) is 4. The zero-order valence-corrected chi connectivity index (χ0v) is 22.5. The van der Waals surface area contributed by atoms with Crippen molar-refractivity contribution in [1.82, 2.24) is 20.9 Å². The fourth-order valence-corrected chi connectivity index (χ4v) is 6.10. The van der Waals surface area contributed by atoms with Gasteiger partial charge in [-0.1, -0.05) is 32.4 Å². The van der Waals surface area contributed by atoms with Gasteiger partial charge in [0.2, 0.25) is 11.8 Å². The van der Waals surface area contributed by atoms with E-state index in [0.29, 0.717) is 13.0 Å². The lowest BCUT2D eigenvalue weighted by Gasteiger charge is -2.43. The molecular weight excluding hydrogens is 458 g/mol. The van der Waals surface area contributed by atoms with Crippen molar-refractivity contribution in [3.05, 3.63) is 11.6 Å². The number of carbonyl (C=O) groups is 4. The minimum atomic E-state index is -0.840. The Morgan fingerprint density at radius 3 is 2.28 bits per heavy atom. The van der Waals surface area contributed by atoms with E-state index in [1.165, 1.54) is 0 Å². The summed E-state index contributed by atoms with van der Waals surface area (Å²) in [6.45, 7) is 13.7. The molecule has 3 fully saturated rings. The molecule has 0 aromatic carbocycles. The van der Waals surface area contributed by atoms with Crippen molar-refractivity contribution < 1.29 is 19.2 Å². The van der Waals surface area contributed by atoms with E-state index >= 15 is 0 Å². The van der Waals surface area contributed by atoms with Crippen molar-refractivity contribution >= 4 is 29.3 Å². The number of carbonyl (C=O) groups excluding carboxylic acids is 4. The molecule has 4 rings (SSSR count). The Kier molecular flexibility index (Phi) is 6.58. The van der Waals surface area contributed by atoms with E-state index in [-0.39, 0.29) is 47.0 Å². The Morgan fingerprint density at radius 1 is 1.08 bits per heavy atom. The van der Waals surface area contributed by atoms with Crippen molar-refractivity contribution in [3.8, 4) is 0 Å². The highest BCUT2D eigenvalue weighted by Gasteiger charge is 2.54. The van der Waals surface area contributed by atoms with Crippen LogP contribution in [0, 0.1) is 34.5 Å². The van der Waals surface area contributed by atoms with Gasteiger partial charge in [0.15, 0.2) is 5.78 Å². The van der Waals surface area contributed by atoms with Crippen LogP contribution in [0.3, 0.4) is 0 Å². The Bertz CT molecular complexity index is 1020. The fraction of sp³-hybridized carbons (Fsp3) is 0.741. The summed E-state index contributed by atoms with van der Waals surface area (Å²) in [4.78, 5) is 54.6. The van der Waals surface area contributed by atoms with Crippen molar-refractivity contribution in [1.29, 1.82) is 5.41 Å². The van der Waals surface area contributed by atoms with E-state index in [1.807, 2.05) is 54.5 Å². The number of fused-ring (bicyclic) bond motifs is 2. The van der Waals surface area contributed by atoms with Crippen LogP contribution in [0.25, 0.3) is 0 Å². The first kappa shape index (κ1) is 26.4. The van der Waals surface area contributed by atoms with Crippen LogP contribution in [0.2, 0.25) is 0 Å². The smallest absolute Gasteiger partial charge is 0.315 e. The Balaban J connectivity index is 1.53.